The van der Waals surface area contributed by atoms with E-state index in [0.29, 0.717) is 17.7 Å². The van der Waals surface area contributed by atoms with Crippen molar-refractivity contribution in [1.82, 2.24) is 4.90 Å². The highest BCUT2D eigenvalue weighted by Crippen LogP contribution is 2.40. The third-order valence-electron chi connectivity index (χ3n) is 4.80. The van der Waals surface area contributed by atoms with Gasteiger partial charge in [-0.3, -0.25) is 0 Å². The molecule has 0 saturated carbocycles. The highest BCUT2D eigenvalue weighted by atomic mass is 32.2. The number of sulfone groups is 1. The molecule has 2 heterocycles. The fourth-order valence-corrected chi connectivity index (χ4v) is 5.67. The number of rotatable bonds is 2. The summed E-state index contributed by atoms with van der Waals surface area (Å²) in [6, 6.07) is 8.53. The van der Waals surface area contributed by atoms with Gasteiger partial charge in [-0.05, 0) is 58.6 Å². The molecule has 132 valence electrons. The van der Waals surface area contributed by atoms with Gasteiger partial charge < -0.3 is 9.64 Å². The zero-order valence-electron chi connectivity index (χ0n) is 14.4. The van der Waals surface area contributed by atoms with E-state index in [1.54, 1.807) is 29.2 Å². The van der Waals surface area contributed by atoms with Crippen molar-refractivity contribution < 1.29 is 17.9 Å². The van der Waals surface area contributed by atoms with Crippen molar-refractivity contribution in [3.05, 3.63) is 30.3 Å². The fourth-order valence-electron chi connectivity index (χ4n) is 3.80. The molecule has 0 N–H and O–H groups in total. The maximum Gasteiger partial charge on any atom is 0.410 e. The molecular formula is C18H25NO4S. The Balaban J connectivity index is 1.77. The van der Waals surface area contributed by atoms with Crippen LogP contribution in [0.15, 0.2) is 35.2 Å². The zero-order chi connectivity index (χ0) is 17.5. The molecule has 0 spiro atoms. The van der Waals surface area contributed by atoms with Gasteiger partial charge in [0.1, 0.15) is 5.60 Å². The normalized spacial score (nSPS) is 27.1. The van der Waals surface area contributed by atoms with Gasteiger partial charge in [0.05, 0.1) is 10.1 Å². The molecule has 3 rings (SSSR count). The number of carbonyl (C=O) groups excluding carboxylic acids is 1. The Morgan fingerprint density at radius 3 is 2.12 bits per heavy atom. The minimum absolute atomic E-state index is 0.0397. The Bertz CT molecular complexity index is 694. The molecular weight excluding hydrogens is 326 g/mol. The first-order valence-corrected chi connectivity index (χ1v) is 10.0. The largest absolute Gasteiger partial charge is 0.444 e. The smallest absolute Gasteiger partial charge is 0.410 e. The topological polar surface area (TPSA) is 63.7 Å². The van der Waals surface area contributed by atoms with Crippen LogP contribution in [0.5, 0.6) is 0 Å². The third kappa shape index (κ3) is 3.29. The molecule has 1 aromatic rings. The van der Waals surface area contributed by atoms with Crippen molar-refractivity contribution in [2.45, 2.75) is 74.3 Å². The summed E-state index contributed by atoms with van der Waals surface area (Å²) in [4.78, 5) is 14.6. The minimum Gasteiger partial charge on any atom is -0.444 e. The van der Waals surface area contributed by atoms with Gasteiger partial charge in [0.25, 0.3) is 0 Å². The predicted molar refractivity (Wildman–Crippen MR) is 91.5 cm³/mol. The number of fused-ring (bicyclic) bond motifs is 2. The lowest BCUT2D eigenvalue weighted by molar-refractivity contribution is 0.00813. The van der Waals surface area contributed by atoms with E-state index >= 15 is 0 Å². The lowest BCUT2D eigenvalue weighted by Gasteiger charge is -2.39. The first-order valence-electron chi connectivity index (χ1n) is 8.49. The molecule has 2 unspecified atom stereocenters. The van der Waals surface area contributed by atoms with Crippen LogP contribution < -0.4 is 0 Å². The molecule has 2 aliphatic rings. The van der Waals surface area contributed by atoms with E-state index in [0.717, 1.165) is 12.8 Å². The number of carbonyl (C=O) groups is 1. The second kappa shape index (κ2) is 6.06. The first kappa shape index (κ1) is 17.3. The summed E-state index contributed by atoms with van der Waals surface area (Å²) in [5.41, 5.74) is -0.538. The second-order valence-corrected chi connectivity index (χ2v) is 9.95. The van der Waals surface area contributed by atoms with Gasteiger partial charge in [0, 0.05) is 12.1 Å². The number of hydrogen-bond donors (Lipinski definition) is 0. The minimum atomic E-state index is -3.35. The standard InChI is InChI=1S/C18H25NO4S/c1-18(2,3)23-17(20)19-13-9-10-14(19)12-16(11-13)24(21,22)15-7-5-4-6-8-15/h4-8,13-14,16H,9-12H2,1-3H3. The number of hydrogen-bond acceptors (Lipinski definition) is 4. The van der Waals surface area contributed by atoms with Crippen molar-refractivity contribution in [3.8, 4) is 0 Å². The molecule has 2 fully saturated rings. The average Bonchev–Trinajstić information content (AvgIpc) is 2.77. The quantitative estimate of drug-likeness (QED) is 0.819. The Labute approximate surface area is 143 Å². The summed E-state index contributed by atoms with van der Waals surface area (Å²) >= 11 is 0. The van der Waals surface area contributed by atoms with Gasteiger partial charge in [0.2, 0.25) is 0 Å². The first-order chi connectivity index (χ1) is 11.2. The fraction of sp³-hybridized carbons (Fsp3) is 0.611. The molecule has 2 bridgehead atoms. The van der Waals surface area contributed by atoms with Gasteiger partial charge in [-0.25, -0.2) is 13.2 Å². The van der Waals surface area contributed by atoms with Crippen molar-refractivity contribution in [2.75, 3.05) is 0 Å². The number of nitrogens with zero attached hydrogens (tertiary/aromatic N) is 1. The molecule has 0 aliphatic carbocycles. The molecule has 2 aliphatic heterocycles. The van der Waals surface area contributed by atoms with Crippen molar-refractivity contribution >= 4 is 15.9 Å². The number of amides is 1. The molecule has 0 radical (unpaired) electrons. The van der Waals surface area contributed by atoms with Crippen LogP contribution in [0.4, 0.5) is 4.79 Å². The highest BCUT2D eigenvalue weighted by molar-refractivity contribution is 7.92. The lowest BCUT2D eigenvalue weighted by Crippen LogP contribution is -2.51. The van der Waals surface area contributed by atoms with Gasteiger partial charge >= 0.3 is 6.09 Å². The number of ether oxygens (including phenoxy) is 1. The van der Waals surface area contributed by atoms with E-state index in [9.17, 15) is 13.2 Å². The Morgan fingerprint density at radius 1 is 1.08 bits per heavy atom. The van der Waals surface area contributed by atoms with E-state index in [1.807, 2.05) is 26.8 Å². The predicted octanol–water partition coefficient (Wildman–Crippen LogP) is 3.39. The maximum atomic E-state index is 12.9. The van der Waals surface area contributed by atoms with Crippen LogP contribution in [0, 0.1) is 0 Å². The Morgan fingerprint density at radius 2 is 1.62 bits per heavy atom. The van der Waals surface area contributed by atoms with E-state index < -0.39 is 20.7 Å². The summed E-state index contributed by atoms with van der Waals surface area (Å²) in [6.45, 7) is 5.54. The summed E-state index contributed by atoms with van der Waals surface area (Å²) in [5.74, 6) is 0. The van der Waals surface area contributed by atoms with Crippen molar-refractivity contribution in [2.24, 2.45) is 0 Å². The van der Waals surface area contributed by atoms with E-state index in [4.69, 9.17) is 4.74 Å². The Hall–Kier alpha value is -1.56. The summed E-state index contributed by atoms with van der Waals surface area (Å²) in [5, 5.41) is -0.420. The summed E-state index contributed by atoms with van der Waals surface area (Å²) in [6.07, 6.45) is 2.38. The molecule has 24 heavy (non-hydrogen) atoms. The molecule has 2 atom stereocenters. The van der Waals surface area contributed by atoms with Crippen molar-refractivity contribution in [1.29, 1.82) is 0 Å². The Kier molecular flexibility index (Phi) is 4.36. The second-order valence-electron chi connectivity index (χ2n) is 7.72. The van der Waals surface area contributed by atoms with E-state index in [-0.39, 0.29) is 18.2 Å². The molecule has 0 aromatic heterocycles. The molecule has 5 nitrogen and oxygen atoms in total. The number of benzene rings is 1. The van der Waals surface area contributed by atoms with Crippen LogP contribution in [0.25, 0.3) is 0 Å². The van der Waals surface area contributed by atoms with Crippen LogP contribution >= 0.6 is 0 Å². The lowest BCUT2D eigenvalue weighted by atomic mass is 10.0. The van der Waals surface area contributed by atoms with Gasteiger partial charge in [-0.1, -0.05) is 18.2 Å². The SMILES string of the molecule is CC(C)(C)OC(=O)N1C2CCC1CC(S(=O)(=O)c1ccccc1)C2. The van der Waals surface area contributed by atoms with E-state index in [1.165, 1.54) is 0 Å². The van der Waals surface area contributed by atoms with Crippen LogP contribution in [-0.2, 0) is 14.6 Å². The van der Waals surface area contributed by atoms with Crippen LogP contribution in [0.1, 0.15) is 46.5 Å². The molecule has 1 amide bonds. The molecule has 6 heteroatoms. The van der Waals surface area contributed by atoms with Crippen LogP contribution in [0.3, 0.4) is 0 Å². The molecule has 2 saturated heterocycles. The van der Waals surface area contributed by atoms with Crippen molar-refractivity contribution in [3.63, 3.8) is 0 Å². The van der Waals surface area contributed by atoms with Gasteiger partial charge in [-0.2, -0.15) is 0 Å². The number of piperidine rings is 1. The third-order valence-corrected chi connectivity index (χ3v) is 7.00. The zero-order valence-corrected chi connectivity index (χ0v) is 15.3. The van der Waals surface area contributed by atoms with E-state index in [2.05, 4.69) is 0 Å². The molecule has 1 aromatic carbocycles. The summed E-state index contributed by atoms with van der Waals surface area (Å²) < 4.78 is 31.3. The monoisotopic (exact) mass is 351 g/mol. The summed E-state index contributed by atoms with van der Waals surface area (Å²) in [7, 11) is -3.35. The van der Waals surface area contributed by atoms with Gasteiger partial charge in [-0.15, -0.1) is 0 Å². The highest BCUT2D eigenvalue weighted by Gasteiger charge is 2.48. The van der Waals surface area contributed by atoms with Crippen LogP contribution in [-0.4, -0.2) is 42.3 Å². The van der Waals surface area contributed by atoms with Crippen LogP contribution in [0.2, 0.25) is 0 Å². The van der Waals surface area contributed by atoms with Gasteiger partial charge in [0.15, 0.2) is 9.84 Å². The average molecular weight is 351 g/mol. The maximum absolute atomic E-state index is 12.9.